The largest absolute Gasteiger partial charge is 0.740 e. The molecule has 1 aromatic rings. The van der Waals surface area contributed by atoms with Crippen molar-refractivity contribution in [2.75, 3.05) is 20.6 Å². The summed E-state index contributed by atoms with van der Waals surface area (Å²) in [6, 6.07) is 0. The maximum atomic E-state index is 5.00. The van der Waals surface area contributed by atoms with Gasteiger partial charge in [-0.2, -0.15) is 5.10 Å². The third kappa shape index (κ3) is 2.15. The SMILES string of the molecule is Cc1nnc([S-])n1CC[NH+](C)C. The van der Waals surface area contributed by atoms with Crippen molar-refractivity contribution in [2.45, 2.75) is 18.6 Å². The Morgan fingerprint density at radius 2 is 2.08 bits per heavy atom. The number of aromatic nitrogens is 3. The lowest BCUT2D eigenvalue weighted by molar-refractivity contribution is -0.859. The number of nitrogens with one attached hydrogen (secondary N) is 1. The summed E-state index contributed by atoms with van der Waals surface area (Å²) in [4.78, 5) is 1.40. The minimum atomic E-state index is 0.591. The predicted molar refractivity (Wildman–Crippen MR) is 48.1 cm³/mol. The van der Waals surface area contributed by atoms with Gasteiger partial charge in [-0.25, -0.2) is 0 Å². The van der Waals surface area contributed by atoms with E-state index in [9.17, 15) is 0 Å². The third-order valence-electron chi connectivity index (χ3n) is 1.74. The summed E-state index contributed by atoms with van der Waals surface area (Å²) in [6.07, 6.45) is 0. The van der Waals surface area contributed by atoms with E-state index in [1.54, 1.807) is 0 Å². The van der Waals surface area contributed by atoms with Gasteiger partial charge in [0, 0.05) is 5.16 Å². The van der Waals surface area contributed by atoms with Crippen LogP contribution in [-0.4, -0.2) is 35.4 Å². The summed E-state index contributed by atoms with van der Waals surface area (Å²) >= 11 is 5.00. The Morgan fingerprint density at radius 3 is 2.50 bits per heavy atom. The molecule has 0 unspecified atom stereocenters. The van der Waals surface area contributed by atoms with Gasteiger partial charge < -0.3 is 22.1 Å². The summed E-state index contributed by atoms with van der Waals surface area (Å²) in [5.41, 5.74) is 0. The lowest BCUT2D eigenvalue weighted by Crippen LogP contribution is -3.06. The Hall–Kier alpha value is -0.680. The zero-order chi connectivity index (χ0) is 9.14. The molecule has 68 valence electrons. The molecule has 0 aliphatic rings. The highest BCUT2D eigenvalue weighted by Gasteiger charge is 2.00. The molecule has 0 bridgehead atoms. The zero-order valence-corrected chi connectivity index (χ0v) is 8.48. The monoisotopic (exact) mass is 186 g/mol. The first-order valence-corrected chi connectivity index (χ1v) is 4.38. The van der Waals surface area contributed by atoms with Gasteiger partial charge in [-0.3, -0.25) is 0 Å². The molecule has 0 saturated carbocycles. The molecule has 0 radical (unpaired) electrons. The van der Waals surface area contributed by atoms with Crippen molar-refractivity contribution in [2.24, 2.45) is 0 Å². The summed E-state index contributed by atoms with van der Waals surface area (Å²) in [6.45, 7) is 3.87. The van der Waals surface area contributed by atoms with E-state index in [-0.39, 0.29) is 0 Å². The van der Waals surface area contributed by atoms with Crippen molar-refractivity contribution >= 4 is 12.6 Å². The highest BCUT2D eigenvalue weighted by molar-refractivity contribution is 7.58. The number of rotatable bonds is 3. The number of nitrogens with zero attached hydrogens (tertiary/aromatic N) is 3. The van der Waals surface area contributed by atoms with Crippen LogP contribution < -0.4 is 4.90 Å². The fourth-order valence-electron chi connectivity index (χ4n) is 0.954. The number of quaternary nitrogens is 1. The molecular weight excluding hydrogens is 172 g/mol. The van der Waals surface area contributed by atoms with E-state index in [1.165, 1.54) is 4.90 Å². The Bertz CT molecular complexity index is 236. The molecule has 5 heteroatoms. The Kier molecular flexibility index (Phi) is 2.99. The standard InChI is InChI=1S/C7H14N4S/c1-6-8-9-7(12)11(6)5-4-10(2)3/h4-5H2,1-3H3,(H,9,12). The highest BCUT2D eigenvalue weighted by Crippen LogP contribution is 1.97. The van der Waals surface area contributed by atoms with Crippen LogP contribution in [0.1, 0.15) is 5.82 Å². The van der Waals surface area contributed by atoms with Gasteiger partial charge in [0.1, 0.15) is 5.82 Å². The maximum absolute atomic E-state index is 5.00. The first-order chi connectivity index (χ1) is 5.61. The van der Waals surface area contributed by atoms with Crippen LogP contribution in [0.25, 0.3) is 0 Å². The van der Waals surface area contributed by atoms with Gasteiger partial charge in [-0.1, -0.05) is 0 Å². The maximum Gasteiger partial charge on any atom is 0.128 e. The average Bonchev–Trinajstić information content (AvgIpc) is 2.28. The molecule has 1 rings (SSSR count). The molecule has 1 N–H and O–H groups in total. The number of hydrogen-bond acceptors (Lipinski definition) is 3. The summed E-state index contributed by atoms with van der Waals surface area (Å²) < 4.78 is 1.96. The lowest BCUT2D eigenvalue weighted by atomic mass is 10.5. The van der Waals surface area contributed by atoms with Crippen LogP contribution >= 0.6 is 0 Å². The van der Waals surface area contributed by atoms with Gasteiger partial charge in [-0.15, -0.1) is 5.10 Å². The van der Waals surface area contributed by atoms with Crippen LogP contribution in [0.4, 0.5) is 0 Å². The van der Waals surface area contributed by atoms with E-state index in [4.69, 9.17) is 12.6 Å². The minimum absolute atomic E-state index is 0.591. The molecule has 0 aliphatic heterocycles. The average molecular weight is 186 g/mol. The van der Waals surface area contributed by atoms with Crippen LogP contribution in [0, 0.1) is 6.92 Å². The fourth-order valence-corrected chi connectivity index (χ4v) is 1.22. The first kappa shape index (κ1) is 9.41. The Morgan fingerprint density at radius 1 is 1.42 bits per heavy atom. The molecule has 0 amide bonds. The van der Waals surface area contributed by atoms with Gasteiger partial charge >= 0.3 is 0 Å². The number of aryl methyl sites for hydroxylation is 1. The molecule has 0 spiro atoms. The Balaban J connectivity index is 2.62. The second kappa shape index (κ2) is 3.82. The van der Waals surface area contributed by atoms with Crippen molar-refractivity contribution in [1.82, 2.24) is 14.8 Å². The number of likely N-dealkylation sites (N-methyl/N-ethyl adjacent to an activating group) is 1. The second-order valence-corrected chi connectivity index (χ2v) is 3.50. The third-order valence-corrected chi connectivity index (χ3v) is 2.04. The van der Waals surface area contributed by atoms with E-state index in [2.05, 4.69) is 24.3 Å². The van der Waals surface area contributed by atoms with Crippen molar-refractivity contribution < 1.29 is 4.90 Å². The van der Waals surface area contributed by atoms with Crippen LogP contribution in [0.2, 0.25) is 0 Å². The van der Waals surface area contributed by atoms with Gasteiger partial charge in [0.15, 0.2) is 0 Å². The molecule has 0 aromatic carbocycles. The van der Waals surface area contributed by atoms with E-state index in [0.717, 1.165) is 18.9 Å². The molecule has 1 aromatic heterocycles. The van der Waals surface area contributed by atoms with Crippen molar-refractivity contribution in [1.29, 1.82) is 0 Å². The molecule has 0 fully saturated rings. The zero-order valence-electron chi connectivity index (χ0n) is 7.66. The lowest BCUT2D eigenvalue weighted by Gasteiger charge is -2.12. The van der Waals surface area contributed by atoms with Crippen LogP contribution in [-0.2, 0) is 19.2 Å². The predicted octanol–water partition coefficient (Wildman–Crippen LogP) is -1.36. The van der Waals surface area contributed by atoms with E-state index in [0.29, 0.717) is 5.16 Å². The van der Waals surface area contributed by atoms with E-state index in [1.807, 2.05) is 11.5 Å². The van der Waals surface area contributed by atoms with Crippen molar-refractivity contribution in [3.8, 4) is 0 Å². The van der Waals surface area contributed by atoms with Crippen molar-refractivity contribution in [3.05, 3.63) is 5.82 Å². The van der Waals surface area contributed by atoms with Gasteiger partial charge in [-0.05, 0) is 6.92 Å². The van der Waals surface area contributed by atoms with Crippen LogP contribution in [0.15, 0.2) is 5.16 Å². The Labute approximate surface area is 78.0 Å². The normalized spacial score (nSPS) is 11.0. The molecule has 4 nitrogen and oxygen atoms in total. The first-order valence-electron chi connectivity index (χ1n) is 3.97. The van der Waals surface area contributed by atoms with Crippen LogP contribution in [0.5, 0.6) is 0 Å². The van der Waals surface area contributed by atoms with Gasteiger partial charge in [0.25, 0.3) is 0 Å². The molecule has 0 atom stereocenters. The molecule has 0 saturated heterocycles. The second-order valence-electron chi connectivity index (χ2n) is 3.14. The van der Waals surface area contributed by atoms with Gasteiger partial charge in [0.2, 0.25) is 0 Å². The fraction of sp³-hybridized carbons (Fsp3) is 0.714. The smallest absolute Gasteiger partial charge is 0.128 e. The van der Waals surface area contributed by atoms with Crippen LogP contribution in [0.3, 0.4) is 0 Å². The summed E-state index contributed by atoms with van der Waals surface area (Å²) in [7, 11) is 4.23. The molecule has 1 heterocycles. The summed E-state index contributed by atoms with van der Waals surface area (Å²) in [5.74, 6) is 0.904. The minimum Gasteiger partial charge on any atom is -0.740 e. The highest BCUT2D eigenvalue weighted by atomic mass is 32.1. The molecular formula is C7H14N4S. The topological polar surface area (TPSA) is 35.1 Å². The van der Waals surface area contributed by atoms with E-state index >= 15 is 0 Å². The summed E-state index contributed by atoms with van der Waals surface area (Å²) in [5, 5.41) is 8.30. The molecule has 0 aliphatic carbocycles. The van der Waals surface area contributed by atoms with Gasteiger partial charge in [0.05, 0.1) is 27.2 Å². The number of hydrogen-bond donors (Lipinski definition) is 1. The van der Waals surface area contributed by atoms with Crippen molar-refractivity contribution in [3.63, 3.8) is 0 Å². The molecule has 12 heavy (non-hydrogen) atoms. The quantitative estimate of drug-likeness (QED) is 0.592. The van der Waals surface area contributed by atoms with E-state index < -0.39 is 0 Å².